The molecule has 142 valence electrons. The van der Waals surface area contributed by atoms with Crippen LogP contribution in [0.3, 0.4) is 0 Å². The van der Waals surface area contributed by atoms with Gasteiger partial charge in [-0.05, 0) is 49.7 Å². The lowest BCUT2D eigenvalue weighted by atomic mass is 9.91. The Morgan fingerprint density at radius 1 is 1.32 bits per heavy atom. The Hall–Kier alpha value is -1.05. The average molecular weight is 371 g/mol. The third kappa shape index (κ3) is 6.01. The van der Waals surface area contributed by atoms with Gasteiger partial charge in [0, 0.05) is 25.2 Å². The van der Waals surface area contributed by atoms with Crippen LogP contribution in [0.1, 0.15) is 53.2 Å². The largest absolute Gasteiger partial charge is 0.616 e. The molecule has 1 saturated heterocycles. The molecule has 1 aromatic heterocycles. The summed E-state index contributed by atoms with van der Waals surface area (Å²) >= 11 is -1.27. The Morgan fingerprint density at radius 3 is 2.56 bits per heavy atom. The molecule has 0 spiro atoms. The lowest BCUT2D eigenvalue weighted by Gasteiger charge is -2.30. The smallest absolute Gasteiger partial charge is 0.282 e. The van der Waals surface area contributed by atoms with Gasteiger partial charge in [0.1, 0.15) is 5.75 Å². The number of nitrogens with one attached hydrogen (secondary N) is 1. The van der Waals surface area contributed by atoms with Gasteiger partial charge in [0.2, 0.25) is 5.88 Å². The number of ether oxygens (including phenoxy) is 1. The van der Waals surface area contributed by atoms with Crippen LogP contribution in [-0.2, 0) is 27.1 Å². The van der Waals surface area contributed by atoms with Crippen LogP contribution in [0.5, 0.6) is 0 Å². The normalized spacial score (nSPS) is 18.2. The third-order valence-corrected chi connectivity index (χ3v) is 6.45. The van der Waals surface area contributed by atoms with Crippen molar-refractivity contribution >= 4 is 23.0 Å². The molecular formula is C18H30N2O4S. The van der Waals surface area contributed by atoms with Crippen LogP contribution >= 0.6 is 0 Å². The highest BCUT2D eigenvalue weighted by atomic mass is 32.2. The van der Waals surface area contributed by atoms with E-state index in [4.69, 9.17) is 9.26 Å². The summed E-state index contributed by atoms with van der Waals surface area (Å²) in [5.74, 6) is 0.872. The van der Waals surface area contributed by atoms with Crippen molar-refractivity contribution in [2.75, 3.05) is 24.3 Å². The van der Waals surface area contributed by atoms with Crippen LogP contribution in [0.15, 0.2) is 10.6 Å². The predicted molar refractivity (Wildman–Crippen MR) is 98.9 cm³/mol. The Morgan fingerprint density at radius 2 is 1.96 bits per heavy atom. The van der Waals surface area contributed by atoms with Crippen LogP contribution in [0.25, 0.3) is 0 Å². The molecule has 6 nitrogen and oxygen atoms in total. The first-order valence-electron chi connectivity index (χ1n) is 8.81. The zero-order valence-electron chi connectivity index (χ0n) is 15.9. The monoisotopic (exact) mass is 370 g/mol. The Balaban J connectivity index is 1.93. The van der Waals surface area contributed by atoms with Gasteiger partial charge in [-0.2, -0.15) is 0 Å². The Bertz CT molecular complexity index is 574. The summed E-state index contributed by atoms with van der Waals surface area (Å²) in [5, 5.41) is 6.72. The Labute approximate surface area is 153 Å². The average Bonchev–Trinajstić information content (AvgIpc) is 2.93. The quantitative estimate of drug-likeness (QED) is 0.777. The third-order valence-electron chi connectivity index (χ3n) is 4.35. The van der Waals surface area contributed by atoms with E-state index in [0.29, 0.717) is 30.8 Å². The first-order chi connectivity index (χ1) is 11.6. The van der Waals surface area contributed by atoms with Crippen LogP contribution in [0, 0.1) is 11.3 Å². The predicted octanol–water partition coefficient (Wildman–Crippen LogP) is 3.16. The van der Waals surface area contributed by atoms with E-state index in [9.17, 15) is 9.35 Å². The van der Waals surface area contributed by atoms with Crippen molar-refractivity contribution in [3.05, 3.63) is 11.8 Å². The molecule has 1 aliphatic heterocycles. The SMILES string of the molecule is CC(C)(C)Cc1cc(NC(=O)C(C)(C)[S+]([O-])CC2CCOCC2)on1. The summed E-state index contributed by atoms with van der Waals surface area (Å²) < 4.78 is 22.3. The van der Waals surface area contributed by atoms with E-state index in [-0.39, 0.29) is 11.3 Å². The molecule has 1 amide bonds. The van der Waals surface area contributed by atoms with Crippen LogP contribution in [0.4, 0.5) is 5.88 Å². The van der Waals surface area contributed by atoms with E-state index < -0.39 is 15.9 Å². The molecule has 0 saturated carbocycles. The highest BCUT2D eigenvalue weighted by Gasteiger charge is 2.42. The van der Waals surface area contributed by atoms with Gasteiger partial charge >= 0.3 is 0 Å². The number of anilines is 1. The molecular weight excluding hydrogens is 340 g/mol. The maximum absolute atomic E-state index is 12.7. The molecule has 1 N–H and O–H groups in total. The van der Waals surface area contributed by atoms with E-state index in [1.54, 1.807) is 19.9 Å². The van der Waals surface area contributed by atoms with Crippen LogP contribution in [-0.4, -0.2) is 39.3 Å². The number of carbonyl (C=O) groups excluding carboxylic acids is 1. The Kier molecular flexibility index (Phi) is 6.56. The van der Waals surface area contributed by atoms with E-state index >= 15 is 0 Å². The van der Waals surface area contributed by atoms with E-state index in [1.807, 2.05) is 0 Å². The minimum Gasteiger partial charge on any atom is -0.616 e. The van der Waals surface area contributed by atoms with Crippen molar-refractivity contribution in [2.45, 2.75) is 58.6 Å². The summed E-state index contributed by atoms with van der Waals surface area (Å²) in [7, 11) is 0. The molecule has 1 aliphatic rings. The number of carbonyl (C=O) groups is 1. The van der Waals surface area contributed by atoms with Gasteiger partial charge in [-0.25, -0.2) is 0 Å². The van der Waals surface area contributed by atoms with Crippen molar-refractivity contribution in [3.8, 4) is 0 Å². The minimum absolute atomic E-state index is 0.0859. The molecule has 7 heteroatoms. The van der Waals surface area contributed by atoms with Gasteiger partial charge in [0.05, 0.1) is 5.69 Å². The van der Waals surface area contributed by atoms with Gasteiger partial charge in [-0.3, -0.25) is 10.1 Å². The van der Waals surface area contributed by atoms with Crippen molar-refractivity contribution in [3.63, 3.8) is 0 Å². The topological polar surface area (TPSA) is 87.4 Å². The molecule has 0 aromatic carbocycles. The summed E-state index contributed by atoms with van der Waals surface area (Å²) in [6.07, 6.45) is 2.56. The lowest BCUT2D eigenvalue weighted by molar-refractivity contribution is -0.118. The molecule has 2 rings (SSSR count). The molecule has 0 aliphatic carbocycles. The fourth-order valence-electron chi connectivity index (χ4n) is 2.70. The fourth-order valence-corrected chi connectivity index (χ4v) is 4.13. The summed E-state index contributed by atoms with van der Waals surface area (Å²) in [6, 6.07) is 1.74. The number of hydrogen-bond donors (Lipinski definition) is 1. The highest BCUT2D eigenvalue weighted by Crippen LogP contribution is 2.27. The van der Waals surface area contributed by atoms with E-state index in [1.165, 1.54) is 0 Å². The van der Waals surface area contributed by atoms with Crippen molar-refractivity contribution < 1.29 is 18.6 Å². The fraction of sp³-hybridized carbons (Fsp3) is 0.778. The first kappa shape index (κ1) is 20.3. The summed E-state index contributed by atoms with van der Waals surface area (Å²) in [4.78, 5) is 12.6. The number of amides is 1. The number of aromatic nitrogens is 1. The maximum atomic E-state index is 12.7. The zero-order chi connectivity index (χ0) is 18.7. The zero-order valence-corrected chi connectivity index (χ0v) is 16.7. The van der Waals surface area contributed by atoms with Gasteiger partial charge in [0.25, 0.3) is 5.91 Å². The van der Waals surface area contributed by atoms with Gasteiger partial charge in [-0.15, -0.1) is 0 Å². The molecule has 0 radical (unpaired) electrons. The van der Waals surface area contributed by atoms with E-state index in [2.05, 4.69) is 31.2 Å². The molecule has 1 unspecified atom stereocenters. The van der Waals surface area contributed by atoms with Crippen molar-refractivity contribution in [2.24, 2.45) is 11.3 Å². The molecule has 1 atom stereocenters. The highest BCUT2D eigenvalue weighted by molar-refractivity contribution is 7.93. The standard InChI is InChI=1S/C18H30N2O4S/c1-17(2,3)11-14-10-15(24-20-14)19-16(21)18(4,5)25(22)12-13-6-8-23-9-7-13/h10,13H,6-9,11-12H2,1-5H3,(H,19,21). The maximum Gasteiger partial charge on any atom is 0.282 e. The minimum atomic E-state index is -1.27. The number of nitrogens with zero attached hydrogens (tertiary/aromatic N) is 1. The summed E-state index contributed by atoms with van der Waals surface area (Å²) in [5.41, 5.74) is 0.881. The number of rotatable bonds is 6. The second kappa shape index (κ2) is 8.10. The molecule has 1 fully saturated rings. The molecule has 0 bridgehead atoms. The molecule has 25 heavy (non-hydrogen) atoms. The molecule has 2 heterocycles. The van der Waals surface area contributed by atoms with Gasteiger partial charge < -0.3 is 13.8 Å². The second-order valence-corrected chi connectivity index (χ2v) is 10.5. The summed E-state index contributed by atoms with van der Waals surface area (Å²) in [6.45, 7) is 11.2. The van der Waals surface area contributed by atoms with Crippen molar-refractivity contribution in [1.29, 1.82) is 0 Å². The number of hydrogen-bond acceptors (Lipinski definition) is 5. The van der Waals surface area contributed by atoms with Gasteiger partial charge in [-0.1, -0.05) is 25.9 Å². The van der Waals surface area contributed by atoms with E-state index in [0.717, 1.165) is 25.0 Å². The lowest BCUT2D eigenvalue weighted by Crippen LogP contribution is -2.47. The second-order valence-electron chi connectivity index (χ2n) is 8.45. The van der Waals surface area contributed by atoms with Crippen molar-refractivity contribution in [1.82, 2.24) is 5.16 Å². The molecule has 1 aromatic rings. The van der Waals surface area contributed by atoms with Gasteiger partial charge in [0.15, 0.2) is 4.75 Å². The van der Waals surface area contributed by atoms with Crippen LogP contribution < -0.4 is 5.32 Å². The van der Waals surface area contributed by atoms with Crippen LogP contribution in [0.2, 0.25) is 0 Å². The first-order valence-corrected chi connectivity index (χ1v) is 10.1.